The summed E-state index contributed by atoms with van der Waals surface area (Å²) in [4.78, 5) is 11.9. The number of amides is 1. The van der Waals surface area contributed by atoms with E-state index >= 15 is 0 Å². The Balaban J connectivity index is 2.93. The van der Waals surface area contributed by atoms with E-state index in [1.165, 1.54) is 18.2 Å². The van der Waals surface area contributed by atoms with Crippen LogP contribution in [0.15, 0.2) is 24.3 Å². The molecule has 1 atom stereocenters. The summed E-state index contributed by atoms with van der Waals surface area (Å²) < 4.78 is 28.9. The van der Waals surface area contributed by atoms with Crippen LogP contribution in [0.3, 0.4) is 0 Å². The summed E-state index contributed by atoms with van der Waals surface area (Å²) in [6, 6.07) is 5.97. The lowest BCUT2D eigenvalue weighted by atomic mass is 10.1. The molecule has 0 radical (unpaired) electrons. The zero-order valence-corrected chi connectivity index (χ0v) is 11.7. The molecule has 6 heteroatoms. The van der Waals surface area contributed by atoms with Gasteiger partial charge in [0.05, 0.1) is 0 Å². The number of hydrogen-bond donors (Lipinski definition) is 1. The van der Waals surface area contributed by atoms with Crippen molar-refractivity contribution >= 4 is 17.5 Å². The maximum atomic E-state index is 12.3. The summed E-state index contributed by atoms with van der Waals surface area (Å²) in [7, 11) is 0. The molecule has 0 spiro atoms. The topological polar surface area (TPSA) is 38.3 Å². The van der Waals surface area contributed by atoms with Gasteiger partial charge in [0.2, 0.25) is 5.91 Å². The number of hydrogen-bond acceptors (Lipinski definition) is 2. The Kier molecular flexibility index (Phi) is 5.11. The van der Waals surface area contributed by atoms with Crippen molar-refractivity contribution < 1.29 is 18.3 Å². The minimum absolute atomic E-state index is 0.0958. The number of rotatable bonds is 4. The van der Waals surface area contributed by atoms with E-state index in [0.717, 1.165) is 0 Å². The Morgan fingerprint density at radius 1 is 1.32 bits per heavy atom. The number of benzene rings is 1. The first kappa shape index (κ1) is 15.7. The Morgan fingerprint density at radius 3 is 2.42 bits per heavy atom. The summed E-state index contributed by atoms with van der Waals surface area (Å²) in [5.74, 6) is -0.555. The van der Waals surface area contributed by atoms with Gasteiger partial charge in [-0.2, -0.15) is 8.78 Å². The minimum atomic E-state index is -2.96. The van der Waals surface area contributed by atoms with E-state index in [2.05, 4.69) is 10.1 Å². The van der Waals surface area contributed by atoms with Crippen LogP contribution in [0.2, 0.25) is 0 Å². The third kappa shape index (κ3) is 5.03. The normalized spacial score (nSPS) is 13.2. The highest BCUT2D eigenvalue weighted by atomic mass is 35.5. The number of carbonyl (C=O) groups excluding carboxylic acids is 1. The van der Waals surface area contributed by atoms with Crippen molar-refractivity contribution in [2.75, 3.05) is 0 Å². The van der Waals surface area contributed by atoms with Gasteiger partial charge in [0, 0.05) is 11.1 Å². The van der Waals surface area contributed by atoms with Crippen molar-refractivity contribution in [2.24, 2.45) is 0 Å². The first-order valence-electron chi connectivity index (χ1n) is 5.70. The van der Waals surface area contributed by atoms with Crippen LogP contribution in [-0.2, 0) is 4.79 Å². The molecule has 1 aromatic carbocycles. The highest BCUT2D eigenvalue weighted by molar-refractivity contribution is 6.31. The molecular formula is C13H16ClF2NO2. The monoisotopic (exact) mass is 291 g/mol. The molecule has 1 rings (SSSR count). The van der Waals surface area contributed by atoms with Crippen LogP contribution >= 0.6 is 11.6 Å². The molecule has 1 unspecified atom stereocenters. The summed E-state index contributed by atoms with van der Waals surface area (Å²) >= 11 is 6.01. The number of ether oxygens (including phenoxy) is 1. The Hall–Kier alpha value is -1.36. The third-order valence-electron chi connectivity index (χ3n) is 2.14. The predicted molar refractivity (Wildman–Crippen MR) is 69.6 cm³/mol. The van der Waals surface area contributed by atoms with Crippen molar-refractivity contribution in [3.05, 3.63) is 29.8 Å². The van der Waals surface area contributed by atoms with Crippen LogP contribution in [0, 0.1) is 0 Å². The largest absolute Gasteiger partial charge is 0.434 e. The molecule has 0 aliphatic heterocycles. The fraction of sp³-hybridized carbons (Fsp3) is 0.462. The molecule has 0 aliphatic rings. The molecule has 0 heterocycles. The summed E-state index contributed by atoms with van der Waals surface area (Å²) in [6.45, 7) is 2.44. The zero-order valence-electron chi connectivity index (χ0n) is 10.9. The smallest absolute Gasteiger partial charge is 0.387 e. The first-order chi connectivity index (χ1) is 8.70. The van der Waals surface area contributed by atoms with Crippen molar-refractivity contribution in [3.8, 4) is 5.75 Å². The second kappa shape index (κ2) is 6.19. The van der Waals surface area contributed by atoms with Crippen LogP contribution in [-0.4, -0.2) is 18.1 Å². The number of nitrogens with one attached hydrogen (secondary N) is 1. The van der Waals surface area contributed by atoms with Crippen LogP contribution < -0.4 is 10.1 Å². The van der Waals surface area contributed by atoms with Crippen LogP contribution in [0.5, 0.6) is 5.75 Å². The molecule has 0 saturated heterocycles. The zero-order chi connectivity index (χ0) is 14.6. The highest BCUT2D eigenvalue weighted by Crippen LogP contribution is 2.31. The molecule has 1 aromatic rings. The van der Waals surface area contributed by atoms with Gasteiger partial charge in [0.25, 0.3) is 0 Å². The number of carbonyl (C=O) groups is 1. The highest BCUT2D eigenvalue weighted by Gasteiger charge is 2.25. The molecule has 0 saturated carbocycles. The van der Waals surface area contributed by atoms with E-state index in [9.17, 15) is 13.6 Å². The molecular weight excluding hydrogens is 276 g/mol. The van der Waals surface area contributed by atoms with Crippen LogP contribution in [0.25, 0.3) is 0 Å². The van der Waals surface area contributed by atoms with Gasteiger partial charge in [-0.15, -0.1) is 11.6 Å². The quantitative estimate of drug-likeness (QED) is 0.863. The second-order valence-electron chi connectivity index (χ2n) is 5.02. The molecule has 0 bridgehead atoms. The van der Waals surface area contributed by atoms with Gasteiger partial charge in [-0.25, -0.2) is 0 Å². The molecule has 0 fully saturated rings. The van der Waals surface area contributed by atoms with Crippen LogP contribution in [0.1, 0.15) is 31.7 Å². The molecule has 1 amide bonds. The maximum Gasteiger partial charge on any atom is 0.387 e. The van der Waals surface area contributed by atoms with E-state index in [1.807, 2.05) is 0 Å². The lowest BCUT2D eigenvalue weighted by Crippen LogP contribution is -2.42. The van der Waals surface area contributed by atoms with Gasteiger partial charge >= 0.3 is 6.61 Å². The summed E-state index contributed by atoms with van der Waals surface area (Å²) in [5, 5.41) is 1.60. The Morgan fingerprint density at radius 2 is 1.89 bits per heavy atom. The van der Waals surface area contributed by atoms with Gasteiger partial charge < -0.3 is 10.1 Å². The van der Waals surface area contributed by atoms with Crippen molar-refractivity contribution in [3.63, 3.8) is 0 Å². The number of para-hydroxylation sites is 1. The van der Waals surface area contributed by atoms with Gasteiger partial charge in [0.15, 0.2) is 0 Å². The molecule has 106 valence electrons. The fourth-order valence-electron chi connectivity index (χ4n) is 1.47. The third-order valence-corrected chi connectivity index (χ3v) is 2.57. The number of halogens is 3. The van der Waals surface area contributed by atoms with Gasteiger partial charge in [-0.3, -0.25) is 4.79 Å². The van der Waals surface area contributed by atoms with Gasteiger partial charge in [-0.05, 0) is 26.8 Å². The van der Waals surface area contributed by atoms with Crippen molar-refractivity contribution in [1.82, 2.24) is 5.32 Å². The lowest BCUT2D eigenvalue weighted by molar-refractivity contribution is -0.122. The van der Waals surface area contributed by atoms with E-state index in [1.54, 1.807) is 26.8 Å². The Bertz CT molecular complexity index is 447. The second-order valence-corrected chi connectivity index (χ2v) is 5.45. The van der Waals surface area contributed by atoms with Crippen LogP contribution in [0.4, 0.5) is 8.78 Å². The van der Waals surface area contributed by atoms with Crippen molar-refractivity contribution in [1.29, 1.82) is 0 Å². The lowest BCUT2D eigenvalue weighted by Gasteiger charge is -2.23. The predicted octanol–water partition coefficient (Wildman–Crippen LogP) is 3.48. The maximum absolute atomic E-state index is 12.3. The van der Waals surface area contributed by atoms with Gasteiger partial charge in [-0.1, -0.05) is 18.2 Å². The SMILES string of the molecule is CC(C)(C)NC(=O)C(Cl)c1ccccc1OC(F)F. The molecule has 19 heavy (non-hydrogen) atoms. The van der Waals surface area contributed by atoms with E-state index in [4.69, 9.17) is 11.6 Å². The molecule has 3 nitrogen and oxygen atoms in total. The average Bonchev–Trinajstić information content (AvgIpc) is 2.25. The van der Waals surface area contributed by atoms with Gasteiger partial charge in [0.1, 0.15) is 11.1 Å². The number of alkyl halides is 3. The summed E-state index contributed by atoms with van der Waals surface area (Å²) in [6.07, 6.45) is 0. The fourth-order valence-corrected chi connectivity index (χ4v) is 1.70. The molecule has 0 aromatic heterocycles. The molecule has 0 aliphatic carbocycles. The minimum Gasteiger partial charge on any atom is -0.434 e. The van der Waals surface area contributed by atoms with E-state index < -0.39 is 23.4 Å². The average molecular weight is 292 g/mol. The standard InChI is InChI=1S/C13H16ClF2NO2/c1-13(2,3)17-11(18)10(14)8-6-4-5-7-9(8)19-12(15)16/h4-7,10,12H,1-3H3,(H,17,18). The first-order valence-corrected chi connectivity index (χ1v) is 6.14. The Labute approximate surface area is 115 Å². The summed E-state index contributed by atoms with van der Waals surface area (Å²) in [5.41, 5.74) is -0.242. The van der Waals surface area contributed by atoms with Crippen molar-refractivity contribution in [2.45, 2.75) is 38.3 Å². The molecule has 1 N–H and O–H groups in total. The van der Waals surface area contributed by atoms with E-state index in [-0.39, 0.29) is 11.3 Å². The van der Waals surface area contributed by atoms with E-state index in [0.29, 0.717) is 0 Å².